The third-order valence-electron chi connectivity index (χ3n) is 6.64. The average molecular weight is 533 g/mol. The molecule has 1 unspecified atom stereocenters. The van der Waals surface area contributed by atoms with Crippen LogP contribution in [0.1, 0.15) is 59.6 Å². The summed E-state index contributed by atoms with van der Waals surface area (Å²) in [4.78, 5) is 15.2. The number of likely N-dealkylation sites (tertiary alicyclic amines) is 1. The van der Waals surface area contributed by atoms with Crippen LogP contribution in [0.5, 0.6) is 0 Å². The highest BCUT2D eigenvalue weighted by atomic mass is 19.1. The number of aliphatic imine (C=N–C) groups is 2. The molecule has 0 amide bonds. The molecule has 1 aliphatic carbocycles. The summed E-state index contributed by atoms with van der Waals surface area (Å²) in [5.74, 6) is 0.772. The molecule has 2 aromatic rings. The molecule has 4 rings (SSSR count). The topological polar surface area (TPSA) is 95.8 Å². The van der Waals surface area contributed by atoms with E-state index in [1.165, 1.54) is 12.2 Å². The maximum Gasteiger partial charge on any atom is 0.128 e. The second-order valence-corrected chi connectivity index (χ2v) is 9.33. The van der Waals surface area contributed by atoms with Crippen LogP contribution in [0.2, 0.25) is 0 Å². The van der Waals surface area contributed by atoms with Gasteiger partial charge in [-0.05, 0) is 70.5 Å². The zero-order valence-electron chi connectivity index (χ0n) is 24.1. The van der Waals surface area contributed by atoms with Gasteiger partial charge in [0, 0.05) is 53.4 Å². The Balaban J connectivity index is 0.000000451. The standard InChI is InChI=1S/C24H31N5.C6H8FN.C2H6/c1-5-13-26-24(25)17(3)23(22-16-20-9-7-8-10-21(20)28-22)27-18(4)19-11-14-29(6-2)15-12-19;7-5-1-3-6(8)4-2-5;1-2/h5-10,13,16,19,28H,2,11-12,14-15H2,1,3-4H3,(H2,25,26);1-3,6H,4,8H2;1-2H3/b13-5-,23-17+,27-18?;;. The minimum Gasteiger partial charge on any atom is -0.383 e. The first-order valence-electron chi connectivity index (χ1n) is 13.8. The maximum atomic E-state index is 12.1. The van der Waals surface area contributed by atoms with Crippen LogP contribution in [-0.4, -0.2) is 40.6 Å². The van der Waals surface area contributed by atoms with Gasteiger partial charge in [-0.15, -0.1) is 0 Å². The predicted octanol–water partition coefficient (Wildman–Crippen LogP) is 7.26. The molecule has 0 saturated carbocycles. The molecule has 2 aliphatic rings. The van der Waals surface area contributed by atoms with Crippen molar-refractivity contribution in [2.75, 3.05) is 13.1 Å². The summed E-state index contributed by atoms with van der Waals surface area (Å²) in [5, 5.41) is 1.16. The van der Waals surface area contributed by atoms with E-state index >= 15 is 0 Å². The number of aromatic amines is 1. The first-order valence-corrected chi connectivity index (χ1v) is 13.8. The first kappa shape index (κ1) is 31.5. The SMILES string of the molecule is C=CN1CCC(C(C)=N/C(=C(C)/C(N)=N\C=C/C)c2cc3ccccc3[nH]2)CC1.CC.NC1C=CC(F)=CC1. The number of H-pyrrole nitrogens is 1. The summed E-state index contributed by atoms with van der Waals surface area (Å²) >= 11 is 0. The molecule has 1 aromatic heterocycles. The lowest BCUT2D eigenvalue weighted by atomic mass is 9.92. The van der Waals surface area contributed by atoms with Gasteiger partial charge in [-0.1, -0.05) is 50.8 Å². The smallest absolute Gasteiger partial charge is 0.128 e. The summed E-state index contributed by atoms with van der Waals surface area (Å²) in [7, 11) is 0. The fourth-order valence-corrected chi connectivity index (χ4v) is 4.30. The molecular weight excluding hydrogens is 487 g/mol. The van der Waals surface area contributed by atoms with Crippen molar-refractivity contribution >= 4 is 28.1 Å². The highest BCUT2D eigenvalue weighted by Gasteiger charge is 2.21. The lowest BCUT2D eigenvalue weighted by Gasteiger charge is -2.30. The number of allylic oxidation sites excluding steroid dienone is 3. The summed E-state index contributed by atoms with van der Waals surface area (Å²) in [6.07, 6.45) is 12.9. The van der Waals surface area contributed by atoms with Crippen molar-refractivity contribution in [1.29, 1.82) is 0 Å². The summed E-state index contributed by atoms with van der Waals surface area (Å²) in [6, 6.07) is 10.4. The van der Waals surface area contributed by atoms with Crippen LogP contribution in [0.25, 0.3) is 16.6 Å². The number of nitrogens with two attached hydrogens (primary N) is 2. The molecule has 0 bridgehead atoms. The molecule has 5 N–H and O–H groups in total. The molecule has 7 heteroatoms. The van der Waals surface area contributed by atoms with Crippen LogP contribution in [-0.2, 0) is 0 Å². The van der Waals surface area contributed by atoms with E-state index in [4.69, 9.17) is 16.5 Å². The van der Waals surface area contributed by atoms with E-state index in [0.717, 1.165) is 59.5 Å². The van der Waals surface area contributed by atoms with Crippen molar-refractivity contribution in [2.45, 2.75) is 59.9 Å². The molecule has 2 heterocycles. The summed E-state index contributed by atoms with van der Waals surface area (Å²) in [6.45, 7) is 16.0. The van der Waals surface area contributed by atoms with Gasteiger partial charge < -0.3 is 21.4 Å². The van der Waals surface area contributed by atoms with Crippen molar-refractivity contribution < 1.29 is 4.39 Å². The Kier molecular flexibility index (Phi) is 13.2. The van der Waals surface area contributed by atoms with Crippen LogP contribution in [0.3, 0.4) is 0 Å². The minimum atomic E-state index is -0.174. The van der Waals surface area contributed by atoms with E-state index in [-0.39, 0.29) is 11.9 Å². The number of hydrogen-bond donors (Lipinski definition) is 3. The highest BCUT2D eigenvalue weighted by molar-refractivity contribution is 6.05. The normalized spacial score (nSPS) is 19.1. The van der Waals surface area contributed by atoms with Gasteiger partial charge in [0.1, 0.15) is 11.7 Å². The predicted molar refractivity (Wildman–Crippen MR) is 167 cm³/mol. The second kappa shape index (κ2) is 16.3. The van der Waals surface area contributed by atoms with Crippen molar-refractivity contribution in [3.63, 3.8) is 0 Å². The molecule has 210 valence electrons. The Bertz CT molecular complexity index is 1220. The van der Waals surface area contributed by atoms with Gasteiger partial charge in [0.25, 0.3) is 0 Å². The third kappa shape index (κ3) is 9.52. The molecular formula is C32H45FN6. The van der Waals surface area contributed by atoms with E-state index in [0.29, 0.717) is 18.2 Å². The molecule has 0 radical (unpaired) electrons. The van der Waals surface area contributed by atoms with Crippen LogP contribution in [0.15, 0.2) is 95.0 Å². The quantitative estimate of drug-likeness (QED) is 0.270. The van der Waals surface area contributed by atoms with Gasteiger partial charge in [-0.2, -0.15) is 0 Å². The van der Waals surface area contributed by atoms with Crippen LogP contribution in [0.4, 0.5) is 4.39 Å². The number of fused-ring (bicyclic) bond motifs is 1. The first-order chi connectivity index (χ1) is 18.8. The average Bonchev–Trinajstić information content (AvgIpc) is 3.41. The molecule has 1 saturated heterocycles. The monoisotopic (exact) mass is 532 g/mol. The fraction of sp³-hybridized carbons (Fsp3) is 0.375. The number of para-hydroxylation sites is 1. The lowest BCUT2D eigenvalue weighted by molar-refractivity contribution is 0.281. The van der Waals surface area contributed by atoms with Crippen LogP contribution >= 0.6 is 0 Å². The van der Waals surface area contributed by atoms with E-state index in [1.54, 1.807) is 12.3 Å². The third-order valence-corrected chi connectivity index (χ3v) is 6.64. The van der Waals surface area contributed by atoms with E-state index in [1.807, 2.05) is 52.1 Å². The summed E-state index contributed by atoms with van der Waals surface area (Å²) in [5.41, 5.74) is 16.6. The Morgan fingerprint density at radius 2 is 1.87 bits per heavy atom. The van der Waals surface area contributed by atoms with Crippen LogP contribution in [0, 0.1) is 5.92 Å². The number of piperidine rings is 1. The Morgan fingerprint density at radius 1 is 1.18 bits per heavy atom. The number of rotatable bonds is 6. The van der Waals surface area contributed by atoms with Gasteiger partial charge in [-0.3, -0.25) is 4.99 Å². The van der Waals surface area contributed by atoms with Gasteiger partial charge in [0.2, 0.25) is 0 Å². The van der Waals surface area contributed by atoms with Crippen LogP contribution < -0.4 is 11.5 Å². The molecule has 1 aromatic carbocycles. The van der Waals surface area contributed by atoms with Gasteiger partial charge in [0.15, 0.2) is 0 Å². The Labute approximate surface area is 233 Å². The van der Waals surface area contributed by atoms with E-state index < -0.39 is 0 Å². The number of nitrogens with one attached hydrogen (secondary N) is 1. The van der Waals surface area contributed by atoms with Crippen molar-refractivity contribution in [3.05, 3.63) is 90.7 Å². The summed E-state index contributed by atoms with van der Waals surface area (Å²) < 4.78 is 12.1. The number of halogens is 1. The van der Waals surface area contributed by atoms with Gasteiger partial charge in [0.05, 0.1) is 11.4 Å². The highest BCUT2D eigenvalue weighted by Crippen LogP contribution is 2.27. The molecule has 6 nitrogen and oxygen atoms in total. The second-order valence-electron chi connectivity index (χ2n) is 9.33. The largest absolute Gasteiger partial charge is 0.383 e. The molecule has 1 atom stereocenters. The van der Waals surface area contributed by atoms with Crippen molar-refractivity contribution in [1.82, 2.24) is 9.88 Å². The van der Waals surface area contributed by atoms with E-state index in [2.05, 4.69) is 46.6 Å². The number of amidine groups is 1. The zero-order valence-corrected chi connectivity index (χ0v) is 24.1. The Morgan fingerprint density at radius 3 is 2.44 bits per heavy atom. The fourth-order valence-electron chi connectivity index (χ4n) is 4.30. The van der Waals surface area contributed by atoms with Crippen molar-refractivity contribution in [3.8, 4) is 0 Å². The van der Waals surface area contributed by atoms with E-state index in [9.17, 15) is 4.39 Å². The molecule has 39 heavy (non-hydrogen) atoms. The van der Waals surface area contributed by atoms with Gasteiger partial charge in [-0.25, -0.2) is 9.38 Å². The maximum absolute atomic E-state index is 12.1. The number of hydrogen-bond acceptors (Lipinski definition) is 4. The van der Waals surface area contributed by atoms with Crippen molar-refractivity contribution in [2.24, 2.45) is 27.4 Å². The molecule has 0 spiro atoms. The number of aromatic nitrogens is 1. The van der Waals surface area contributed by atoms with Gasteiger partial charge >= 0.3 is 0 Å². The lowest BCUT2D eigenvalue weighted by Crippen LogP contribution is -2.32. The Hall–Kier alpha value is -3.71. The molecule has 1 aliphatic heterocycles. The number of nitrogens with zero attached hydrogens (tertiary/aromatic N) is 3. The molecule has 1 fully saturated rings. The minimum absolute atomic E-state index is 0.0227. The number of benzene rings is 1. The zero-order chi connectivity index (χ0) is 28.8.